The highest BCUT2D eigenvalue weighted by Crippen LogP contribution is 2.20. The predicted octanol–water partition coefficient (Wildman–Crippen LogP) is 1.82. The quantitative estimate of drug-likeness (QED) is 0.707. The molecule has 2 N–H and O–H groups in total. The standard InChI is InChI=1S/C9H11NOS/c1-6-3-4-7(9(10)11)8(5-6)12-2/h3-5H,1-2H3,(H2,10,11). The molecule has 1 rings (SSSR count). The fourth-order valence-corrected chi connectivity index (χ4v) is 1.69. The van der Waals surface area contributed by atoms with Crippen molar-refractivity contribution in [2.45, 2.75) is 11.8 Å². The summed E-state index contributed by atoms with van der Waals surface area (Å²) in [4.78, 5) is 11.8. The molecule has 0 heterocycles. The van der Waals surface area contributed by atoms with E-state index in [-0.39, 0.29) is 5.91 Å². The molecule has 1 amide bonds. The molecule has 0 aliphatic heterocycles. The van der Waals surface area contributed by atoms with Crippen LogP contribution in [0.4, 0.5) is 0 Å². The summed E-state index contributed by atoms with van der Waals surface area (Å²) in [6.07, 6.45) is 1.93. The second kappa shape index (κ2) is 3.63. The Morgan fingerprint density at radius 3 is 2.67 bits per heavy atom. The summed E-state index contributed by atoms with van der Waals surface area (Å²) in [6, 6.07) is 5.62. The van der Waals surface area contributed by atoms with Gasteiger partial charge in [0, 0.05) is 4.90 Å². The fourth-order valence-electron chi connectivity index (χ4n) is 1.00. The van der Waals surface area contributed by atoms with Crippen molar-refractivity contribution in [2.24, 2.45) is 5.73 Å². The number of benzene rings is 1. The molecule has 0 fully saturated rings. The zero-order valence-corrected chi connectivity index (χ0v) is 7.94. The molecule has 0 bridgehead atoms. The molecule has 0 radical (unpaired) electrons. The van der Waals surface area contributed by atoms with E-state index in [4.69, 9.17) is 5.73 Å². The van der Waals surface area contributed by atoms with Crippen LogP contribution in [0.2, 0.25) is 0 Å². The van der Waals surface area contributed by atoms with Gasteiger partial charge in [-0.1, -0.05) is 6.07 Å². The topological polar surface area (TPSA) is 43.1 Å². The third-order valence-corrected chi connectivity index (χ3v) is 2.40. The van der Waals surface area contributed by atoms with Gasteiger partial charge in [0.2, 0.25) is 5.91 Å². The fraction of sp³-hybridized carbons (Fsp3) is 0.222. The largest absolute Gasteiger partial charge is 0.366 e. The van der Waals surface area contributed by atoms with Crippen LogP contribution in [0, 0.1) is 6.92 Å². The van der Waals surface area contributed by atoms with Crippen LogP contribution in [-0.4, -0.2) is 12.2 Å². The van der Waals surface area contributed by atoms with E-state index in [0.717, 1.165) is 10.5 Å². The lowest BCUT2D eigenvalue weighted by atomic mass is 10.1. The summed E-state index contributed by atoms with van der Waals surface area (Å²) in [5, 5.41) is 0. The number of hydrogen-bond acceptors (Lipinski definition) is 2. The van der Waals surface area contributed by atoms with E-state index in [2.05, 4.69) is 0 Å². The molecule has 12 heavy (non-hydrogen) atoms. The van der Waals surface area contributed by atoms with E-state index in [9.17, 15) is 4.79 Å². The lowest BCUT2D eigenvalue weighted by Crippen LogP contribution is -2.12. The highest BCUT2D eigenvalue weighted by atomic mass is 32.2. The van der Waals surface area contributed by atoms with Crippen LogP contribution in [0.25, 0.3) is 0 Å². The second-order valence-corrected chi connectivity index (χ2v) is 3.42. The number of nitrogens with two attached hydrogens (primary N) is 1. The molecule has 0 saturated carbocycles. The van der Waals surface area contributed by atoms with Crippen LogP contribution in [0.1, 0.15) is 15.9 Å². The van der Waals surface area contributed by atoms with Crippen LogP contribution >= 0.6 is 11.8 Å². The zero-order valence-electron chi connectivity index (χ0n) is 7.13. The lowest BCUT2D eigenvalue weighted by molar-refractivity contribution is 0.0997. The van der Waals surface area contributed by atoms with Crippen molar-refractivity contribution in [1.82, 2.24) is 0 Å². The highest BCUT2D eigenvalue weighted by molar-refractivity contribution is 7.98. The number of amides is 1. The molecule has 0 aromatic heterocycles. The molecule has 1 aromatic rings. The molecule has 0 atom stereocenters. The number of aryl methyl sites for hydroxylation is 1. The minimum Gasteiger partial charge on any atom is -0.366 e. The van der Waals surface area contributed by atoms with Gasteiger partial charge in [-0.15, -0.1) is 11.8 Å². The Labute approximate surface area is 76.2 Å². The molecule has 0 saturated heterocycles. The molecule has 0 aliphatic rings. The maximum absolute atomic E-state index is 10.9. The zero-order chi connectivity index (χ0) is 9.14. The van der Waals surface area contributed by atoms with Crippen LogP contribution in [0.3, 0.4) is 0 Å². The van der Waals surface area contributed by atoms with Crippen LogP contribution in [-0.2, 0) is 0 Å². The number of carbonyl (C=O) groups is 1. The van der Waals surface area contributed by atoms with Crippen LogP contribution < -0.4 is 5.73 Å². The first-order valence-corrected chi connectivity index (χ1v) is 4.82. The van der Waals surface area contributed by atoms with E-state index in [1.165, 1.54) is 11.8 Å². The maximum atomic E-state index is 10.9. The van der Waals surface area contributed by atoms with Crippen molar-refractivity contribution >= 4 is 17.7 Å². The minimum atomic E-state index is -0.362. The van der Waals surface area contributed by atoms with Gasteiger partial charge in [-0.3, -0.25) is 4.79 Å². The van der Waals surface area contributed by atoms with E-state index in [1.54, 1.807) is 6.07 Å². The Morgan fingerprint density at radius 1 is 1.50 bits per heavy atom. The third-order valence-electron chi connectivity index (χ3n) is 1.62. The minimum absolute atomic E-state index is 0.362. The van der Waals surface area contributed by atoms with E-state index < -0.39 is 0 Å². The van der Waals surface area contributed by atoms with Gasteiger partial charge in [-0.05, 0) is 30.9 Å². The molecule has 0 spiro atoms. The number of primary amides is 1. The average molecular weight is 181 g/mol. The molecular weight excluding hydrogens is 170 g/mol. The van der Waals surface area contributed by atoms with Gasteiger partial charge in [0.25, 0.3) is 0 Å². The molecular formula is C9H11NOS. The normalized spacial score (nSPS) is 9.83. The van der Waals surface area contributed by atoms with E-state index in [1.807, 2.05) is 25.3 Å². The first-order chi connectivity index (χ1) is 5.65. The van der Waals surface area contributed by atoms with Gasteiger partial charge in [0.15, 0.2) is 0 Å². The van der Waals surface area contributed by atoms with Gasteiger partial charge in [-0.25, -0.2) is 0 Å². The number of thioether (sulfide) groups is 1. The SMILES string of the molecule is CSc1cc(C)ccc1C(N)=O. The highest BCUT2D eigenvalue weighted by Gasteiger charge is 2.05. The van der Waals surface area contributed by atoms with Crippen molar-refractivity contribution in [3.63, 3.8) is 0 Å². The summed E-state index contributed by atoms with van der Waals surface area (Å²) in [7, 11) is 0. The average Bonchev–Trinajstić information content (AvgIpc) is 2.03. The Bertz CT molecular complexity index is 309. The third kappa shape index (κ3) is 1.80. The van der Waals surface area contributed by atoms with Gasteiger partial charge < -0.3 is 5.73 Å². The van der Waals surface area contributed by atoms with Gasteiger partial charge in [0.05, 0.1) is 5.56 Å². The molecule has 64 valence electrons. The Balaban J connectivity index is 3.20. The Morgan fingerprint density at radius 2 is 2.17 bits per heavy atom. The van der Waals surface area contributed by atoms with Crippen molar-refractivity contribution < 1.29 is 4.79 Å². The molecule has 2 nitrogen and oxygen atoms in total. The maximum Gasteiger partial charge on any atom is 0.249 e. The monoisotopic (exact) mass is 181 g/mol. The van der Waals surface area contributed by atoms with E-state index in [0.29, 0.717) is 5.56 Å². The second-order valence-electron chi connectivity index (χ2n) is 2.57. The predicted molar refractivity (Wildman–Crippen MR) is 51.5 cm³/mol. The van der Waals surface area contributed by atoms with Crippen molar-refractivity contribution in [3.05, 3.63) is 29.3 Å². The first kappa shape index (κ1) is 9.13. The summed E-state index contributed by atoms with van der Waals surface area (Å²) in [5.74, 6) is -0.362. The van der Waals surface area contributed by atoms with Gasteiger partial charge in [0.1, 0.15) is 0 Å². The molecule has 0 unspecified atom stereocenters. The van der Waals surface area contributed by atoms with Crippen LogP contribution in [0.5, 0.6) is 0 Å². The van der Waals surface area contributed by atoms with Crippen molar-refractivity contribution in [2.75, 3.05) is 6.26 Å². The Kier molecular flexibility index (Phi) is 2.76. The van der Waals surface area contributed by atoms with Crippen molar-refractivity contribution in [3.8, 4) is 0 Å². The van der Waals surface area contributed by atoms with Gasteiger partial charge in [-0.2, -0.15) is 0 Å². The number of carbonyl (C=O) groups excluding carboxylic acids is 1. The first-order valence-electron chi connectivity index (χ1n) is 3.59. The molecule has 0 aliphatic carbocycles. The Hall–Kier alpha value is -0.960. The molecule has 3 heteroatoms. The summed E-state index contributed by atoms with van der Waals surface area (Å²) in [5.41, 5.74) is 6.94. The molecule has 1 aromatic carbocycles. The van der Waals surface area contributed by atoms with E-state index >= 15 is 0 Å². The summed E-state index contributed by atoms with van der Waals surface area (Å²) < 4.78 is 0. The summed E-state index contributed by atoms with van der Waals surface area (Å²) in [6.45, 7) is 1.99. The number of rotatable bonds is 2. The van der Waals surface area contributed by atoms with Crippen LogP contribution in [0.15, 0.2) is 23.1 Å². The lowest BCUT2D eigenvalue weighted by Gasteiger charge is -2.03. The summed E-state index contributed by atoms with van der Waals surface area (Å²) >= 11 is 1.54. The number of hydrogen-bond donors (Lipinski definition) is 1. The van der Waals surface area contributed by atoms with Gasteiger partial charge >= 0.3 is 0 Å². The van der Waals surface area contributed by atoms with Crippen molar-refractivity contribution in [1.29, 1.82) is 0 Å². The smallest absolute Gasteiger partial charge is 0.249 e.